The molecule has 0 heterocycles. The molecule has 0 aliphatic rings. The monoisotopic (exact) mass is 316 g/mol. The fraction of sp³-hybridized carbons (Fsp3) is 1.00. The van der Waals surface area contributed by atoms with Gasteiger partial charge in [0.2, 0.25) is 0 Å². The van der Waals surface area contributed by atoms with Crippen LogP contribution >= 0.6 is 0 Å². The Morgan fingerprint density at radius 2 is 1.15 bits per heavy atom. The van der Waals surface area contributed by atoms with Crippen LogP contribution in [0, 0.1) is 0 Å². The first-order valence-electron chi connectivity index (χ1n) is 4.15. The summed E-state index contributed by atoms with van der Waals surface area (Å²) in [6.07, 6.45) is 0. The maximum Gasteiger partial charge on any atom is 2.00 e. The van der Waals surface area contributed by atoms with Gasteiger partial charge in [-0.2, -0.15) is 0 Å². The Hall–Kier alpha value is 1.41. The predicted molar refractivity (Wildman–Crippen MR) is 48.5 cm³/mol. The number of hydrogen-bond acceptors (Lipinski definition) is 4. The van der Waals surface area contributed by atoms with Crippen LogP contribution in [0.1, 0.15) is 13.8 Å². The molecule has 0 bridgehead atoms. The van der Waals surface area contributed by atoms with E-state index in [1.54, 1.807) is 0 Å². The van der Waals surface area contributed by atoms with Crippen molar-refractivity contribution in [1.29, 1.82) is 0 Å². The first-order chi connectivity index (χ1) is 5.83. The molecule has 13 heavy (non-hydrogen) atoms. The predicted octanol–water partition coefficient (Wildman–Crippen LogP) is -1.61. The minimum absolute atomic E-state index is 0. The molecule has 0 radical (unpaired) electrons. The largest absolute Gasteiger partial charge is 2.00 e. The topological polar surface area (TPSA) is 64.6 Å². The Labute approximate surface area is 121 Å². The van der Waals surface area contributed by atoms with Crippen LogP contribution in [-0.2, 0) is 9.47 Å². The molecule has 76 valence electrons. The van der Waals surface area contributed by atoms with Gasteiger partial charge >= 0.3 is 48.9 Å². The molecule has 0 aliphatic carbocycles. The molecule has 0 rings (SSSR count). The van der Waals surface area contributed by atoms with Gasteiger partial charge in [-0.05, 0) is 13.8 Å². The van der Waals surface area contributed by atoms with Crippen molar-refractivity contribution < 1.29 is 19.7 Å². The molecule has 4 nitrogen and oxygen atoms in total. The molecule has 0 aliphatic heterocycles. The van der Waals surface area contributed by atoms with E-state index >= 15 is 0 Å². The van der Waals surface area contributed by atoms with Crippen molar-refractivity contribution in [2.45, 2.75) is 13.8 Å². The standard InChI is InChI=1S/2C4H9O2.Ba/c2*1-2-6-4-3-5;/h2*2-4H2,1H3;/q2*-1;+2. The second kappa shape index (κ2) is 23.3. The van der Waals surface area contributed by atoms with Crippen molar-refractivity contribution in [3.63, 3.8) is 0 Å². The van der Waals surface area contributed by atoms with E-state index in [4.69, 9.17) is 0 Å². The molecular weight excluding hydrogens is 297 g/mol. The van der Waals surface area contributed by atoms with Gasteiger partial charge in [0, 0.05) is 26.4 Å². The quantitative estimate of drug-likeness (QED) is 0.437. The summed E-state index contributed by atoms with van der Waals surface area (Å²) in [7, 11) is 0. The van der Waals surface area contributed by atoms with Crippen LogP contribution < -0.4 is 10.2 Å². The Morgan fingerprint density at radius 3 is 1.23 bits per heavy atom. The van der Waals surface area contributed by atoms with E-state index < -0.39 is 0 Å². The third kappa shape index (κ3) is 31.8. The summed E-state index contributed by atoms with van der Waals surface area (Å²) < 4.78 is 9.34. The second-order valence-electron chi connectivity index (χ2n) is 1.80. The van der Waals surface area contributed by atoms with Crippen molar-refractivity contribution in [2.75, 3.05) is 39.6 Å². The van der Waals surface area contributed by atoms with E-state index in [-0.39, 0.29) is 62.1 Å². The van der Waals surface area contributed by atoms with Gasteiger partial charge in [-0.25, -0.2) is 0 Å². The van der Waals surface area contributed by atoms with Crippen LogP contribution in [0.25, 0.3) is 0 Å². The van der Waals surface area contributed by atoms with Crippen LogP contribution in [0.5, 0.6) is 0 Å². The zero-order valence-corrected chi connectivity index (χ0v) is 13.0. The number of hydrogen-bond donors (Lipinski definition) is 0. The maximum atomic E-state index is 9.56. The van der Waals surface area contributed by atoms with Gasteiger partial charge in [0.25, 0.3) is 0 Å². The van der Waals surface area contributed by atoms with E-state index in [1.165, 1.54) is 0 Å². The average molecular weight is 316 g/mol. The van der Waals surface area contributed by atoms with Crippen molar-refractivity contribution in [1.82, 2.24) is 0 Å². The van der Waals surface area contributed by atoms with E-state index in [0.717, 1.165) is 0 Å². The van der Waals surface area contributed by atoms with Gasteiger partial charge in [-0.1, -0.05) is 0 Å². The summed E-state index contributed by atoms with van der Waals surface area (Å²) >= 11 is 0. The fourth-order valence-corrected chi connectivity index (χ4v) is 0.407. The molecule has 0 aromatic carbocycles. The Balaban J connectivity index is -0.000000143. The molecule has 0 N–H and O–H groups in total. The zero-order valence-electron chi connectivity index (χ0n) is 8.58. The minimum atomic E-state index is -0.117. The summed E-state index contributed by atoms with van der Waals surface area (Å²) in [5.41, 5.74) is 0. The van der Waals surface area contributed by atoms with E-state index in [1.807, 2.05) is 13.8 Å². The molecule has 0 fully saturated rings. The summed E-state index contributed by atoms with van der Waals surface area (Å²) in [5, 5.41) is 19.1. The summed E-state index contributed by atoms with van der Waals surface area (Å²) in [5.74, 6) is 0. The van der Waals surface area contributed by atoms with Crippen LogP contribution in [0.2, 0.25) is 0 Å². The molecule has 0 aromatic rings. The van der Waals surface area contributed by atoms with Gasteiger partial charge in [0.15, 0.2) is 0 Å². The van der Waals surface area contributed by atoms with E-state index in [9.17, 15) is 10.2 Å². The van der Waals surface area contributed by atoms with Crippen molar-refractivity contribution >= 4 is 48.9 Å². The normalized spacial score (nSPS) is 8.31. The zero-order chi connectivity index (χ0) is 9.66. The summed E-state index contributed by atoms with van der Waals surface area (Å²) in [4.78, 5) is 0. The molecule has 5 heteroatoms. The SMILES string of the molecule is CCOCC[O-].CCOCC[O-].[Ba+2]. The Morgan fingerprint density at radius 1 is 0.846 bits per heavy atom. The van der Waals surface area contributed by atoms with Crippen LogP contribution in [-0.4, -0.2) is 88.5 Å². The average Bonchev–Trinajstić information content (AvgIpc) is 2.12. The third-order valence-corrected chi connectivity index (χ3v) is 0.864. The smallest absolute Gasteiger partial charge is 0.853 e. The third-order valence-electron chi connectivity index (χ3n) is 0.864. The van der Waals surface area contributed by atoms with Crippen LogP contribution in [0.4, 0.5) is 0 Å². The summed E-state index contributed by atoms with van der Waals surface area (Å²) in [6.45, 7) is 5.53. The second-order valence-corrected chi connectivity index (χ2v) is 1.80. The van der Waals surface area contributed by atoms with Gasteiger partial charge in [-0.3, -0.25) is 0 Å². The molecule has 0 amide bonds. The first-order valence-corrected chi connectivity index (χ1v) is 4.15. The number of rotatable bonds is 6. The molecular formula is C8H18BaO4. The molecule has 0 saturated heterocycles. The summed E-state index contributed by atoms with van der Waals surface area (Å²) in [6, 6.07) is 0. The van der Waals surface area contributed by atoms with Crippen molar-refractivity contribution in [3.8, 4) is 0 Å². The fourth-order valence-electron chi connectivity index (χ4n) is 0.407. The molecule has 0 spiro atoms. The minimum Gasteiger partial charge on any atom is -0.853 e. The van der Waals surface area contributed by atoms with Crippen LogP contribution in [0.15, 0.2) is 0 Å². The van der Waals surface area contributed by atoms with Gasteiger partial charge in [-0.15, -0.1) is 13.2 Å². The van der Waals surface area contributed by atoms with Gasteiger partial charge in [0.05, 0.1) is 0 Å². The van der Waals surface area contributed by atoms with Crippen molar-refractivity contribution in [3.05, 3.63) is 0 Å². The van der Waals surface area contributed by atoms with Crippen molar-refractivity contribution in [2.24, 2.45) is 0 Å². The Bertz CT molecular complexity index is 48.1. The molecule has 0 atom stereocenters. The van der Waals surface area contributed by atoms with Gasteiger partial charge in [0.1, 0.15) is 0 Å². The van der Waals surface area contributed by atoms with Gasteiger partial charge < -0.3 is 19.7 Å². The maximum absolute atomic E-state index is 9.56. The van der Waals surface area contributed by atoms with E-state index in [0.29, 0.717) is 26.4 Å². The first kappa shape index (κ1) is 19.9. The molecule has 0 aromatic heterocycles. The molecule has 0 saturated carbocycles. The number of ether oxygens (including phenoxy) is 2. The Kier molecular flexibility index (Phi) is 35.7. The molecule has 0 unspecified atom stereocenters. The van der Waals surface area contributed by atoms with E-state index in [2.05, 4.69) is 9.47 Å². The van der Waals surface area contributed by atoms with Crippen LogP contribution in [0.3, 0.4) is 0 Å².